The zero-order valence-electron chi connectivity index (χ0n) is 22.9. The van der Waals surface area contributed by atoms with Gasteiger partial charge in [0.1, 0.15) is 11.9 Å². The monoisotopic (exact) mass is 528 g/mol. The van der Waals surface area contributed by atoms with Crippen molar-refractivity contribution in [2.24, 2.45) is 5.41 Å². The lowest BCUT2D eigenvalue weighted by Crippen LogP contribution is -2.54. The topological polar surface area (TPSA) is 132 Å². The second kappa shape index (κ2) is 10.1. The molecular weight excluding hydrogens is 492 g/mol. The number of aromatic nitrogens is 3. The van der Waals surface area contributed by atoms with Crippen LogP contribution in [0.3, 0.4) is 0 Å². The highest BCUT2D eigenvalue weighted by Crippen LogP contribution is 2.48. The van der Waals surface area contributed by atoms with E-state index < -0.39 is 5.60 Å². The van der Waals surface area contributed by atoms with Crippen LogP contribution in [-0.4, -0.2) is 49.1 Å². The Hall–Kier alpha value is -3.77. The number of carbonyl (C=O) groups is 2. The van der Waals surface area contributed by atoms with Crippen LogP contribution in [0, 0.1) is 16.7 Å². The number of anilines is 1. The Morgan fingerprint density at radius 2 is 1.85 bits per heavy atom. The third-order valence-corrected chi connectivity index (χ3v) is 8.46. The lowest BCUT2D eigenvalue weighted by atomic mass is 9.63. The van der Waals surface area contributed by atoms with Gasteiger partial charge in [0.25, 0.3) is 5.91 Å². The summed E-state index contributed by atoms with van der Waals surface area (Å²) in [5.41, 5.74) is 2.92. The average Bonchev–Trinajstić information content (AvgIpc) is 3.32. The van der Waals surface area contributed by atoms with E-state index >= 15 is 0 Å². The van der Waals surface area contributed by atoms with E-state index in [4.69, 9.17) is 0 Å². The highest BCUT2D eigenvalue weighted by atomic mass is 16.3. The van der Waals surface area contributed by atoms with Crippen molar-refractivity contribution < 1.29 is 14.7 Å². The van der Waals surface area contributed by atoms with Gasteiger partial charge in [0.2, 0.25) is 0 Å². The predicted molar refractivity (Wildman–Crippen MR) is 148 cm³/mol. The number of pyridine rings is 1. The fourth-order valence-electron chi connectivity index (χ4n) is 6.15. The van der Waals surface area contributed by atoms with Crippen molar-refractivity contribution in [3.63, 3.8) is 0 Å². The predicted octanol–water partition coefficient (Wildman–Crippen LogP) is 4.64. The minimum absolute atomic E-state index is 0.139. The van der Waals surface area contributed by atoms with E-state index in [1.807, 2.05) is 32.0 Å². The number of nitrogens with zero attached hydrogens (tertiary/aromatic N) is 4. The van der Waals surface area contributed by atoms with Crippen molar-refractivity contribution in [2.45, 2.75) is 83.3 Å². The standard InChI is InChI=1S/C30H36N6O3/c1-20(37)16-28(2,3)12-13-32-27(38)23-19-33-25(26-5-4-22-14-21(17-31)18-34-36(22)26)15-24(23)35-29-6-9-30(39,10-7-29)11-8-29/h4-5,14-15,18-19,39H,6-13,16H2,1-3H3,(H,32,38)(H,33,35). The molecule has 0 saturated heterocycles. The van der Waals surface area contributed by atoms with Crippen LogP contribution in [0.4, 0.5) is 5.69 Å². The summed E-state index contributed by atoms with van der Waals surface area (Å²) in [6.45, 7) is 6.11. The van der Waals surface area contributed by atoms with E-state index in [-0.39, 0.29) is 22.6 Å². The van der Waals surface area contributed by atoms with Gasteiger partial charge >= 0.3 is 0 Å². The molecule has 3 aromatic heterocycles. The summed E-state index contributed by atoms with van der Waals surface area (Å²) in [7, 11) is 0. The number of hydrogen-bond donors (Lipinski definition) is 3. The maximum atomic E-state index is 13.4. The second-order valence-electron chi connectivity index (χ2n) is 12.2. The molecule has 3 aliphatic rings. The van der Waals surface area contributed by atoms with Crippen molar-refractivity contribution in [3.05, 3.63) is 47.8 Å². The molecule has 3 heterocycles. The largest absolute Gasteiger partial charge is 0.390 e. The molecule has 0 atom stereocenters. The van der Waals surface area contributed by atoms with Gasteiger partial charge in [0.15, 0.2) is 0 Å². The van der Waals surface area contributed by atoms with Crippen LogP contribution in [0.1, 0.15) is 88.1 Å². The van der Waals surface area contributed by atoms with Crippen LogP contribution >= 0.6 is 0 Å². The van der Waals surface area contributed by atoms with Crippen molar-refractivity contribution in [1.82, 2.24) is 19.9 Å². The third kappa shape index (κ3) is 5.66. The van der Waals surface area contributed by atoms with Crippen molar-refractivity contribution in [1.29, 1.82) is 5.26 Å². The average molecular weight is 529 g/mol. The number of amides is 1. The number of nitrogens with one attached hydrogen (secondary N) is 2. The maximum Gasteiger partial charge on any atom is 0.254 e. The van der Waals surface area contributed by atoms with Crippen LogP contribution < -0.4 is 10.6 Å². The molecule has 0 aliphatic heterocycles. The molecule has 2 bridgehead atoms. The van der Waals surface area contributed by atoms with E-state index in [0.717, 1.165) is 49.7 Å². The number of rotatable bonds is 9. The molecule has 9 nitrogen and oxygen atoms in total. The molecule has 0 aromatic carbocycles. The van der Waals surface area contributed by atoms with Gasteiger partial charge in [-0.2, -0.15) is 10.4 Å². The van der Waals surface area contributed by atoms with Crippen LogP contribution in [0.5, 0.6) is 0 Å². The Bertz CT molecular complexity index is 1440. The van der Waals surface area contributed by atoms with Crippen LogP contribution in [0.2, 0.25) is 0 Å². The quantitative estimate of drug-likeness (QED) is 0.368. The number of Topliss-reactive ketones (excluding diaryl/α,β-unsaturated/α-hetero) is 1. The Kier molecular flexibility index (Phi) is 6.93. The summed E-state index contributed by atoms with van der Waals surface area (Å²) >= 11 is 0. The first-order chi connectivity index (χ1) is 18.5. The molecule has 204 valence electrons. The van der Waals surface area contributed by atoms with Gasteiger partial charge in [-0.25, -0.2) is 4.52 Å². The van der Waals surface area contributed by atoms with Gasteiger partial charge in [-0.3, -0.25) is 9.78 Å². The first-order valence-corrected chi connectivity index (χ1v) is 13.7. The van der Waals surface area contributed by atoms with Gasteiger partial charge in [-0.15, -0.1) is 0 Å². The van der Waals surface area contributed by atoms with E-state index in [9.17, 15) is 20.0 Å². The number of ketones is 1. The van der Waals surface area contributed by atoms with Gasteiger partial charge in [-0.1, -0.05) is 13.8 Å². The first kappa shape index (κ1) is 26.8. The molecule has 6 rings (SSSR count). The van der Waals surface area contributed by atoms with Crippen molar-refractivity contribution in [2.75, 3.05) is 11.9 Å². The zero-order valence-corrected chi connectivity index (χ0v) is 22.9. The van der Waals surface area contributed by atoms with Crippen LogP contribution in [0.25, 0.3) is 16.9 Å². The fourth-order valence-corrected chi connectivity index (χ4v) is 6.15. The summed E-state index contributed by atoms with van der Waals surface area (Å²) in [4.78, 5) is 29.6. The van der Waals surface area contributed by atoms with Crippen LogP contribution in [0.15, 0.2) is 36.7 Å². The molecule has 3 aromatic rings. The molecule has 0 radical (unpaired) electrons. The number of carbonyl (C=O) groups excluding carboxylic acids is 2. The maximum absolute atomic E-state index is 13.4. The molecule has 3 saturated carbocycles. The molecule has 3 N–H and O–H groups in total. The van der Waals surface area contributed by atoms with Crippen LogP contribution in [-0.2, 0) is 4.79 Å². The molecule has 0 unspecified atom stereocenters. The molecule has 9 heteroatoms. The van der Waals surface area contributed by atoms with E-state index in [1.165, 1.54) is 6.20 Å². The van der Waals surface area contributed by atoms with Crippen molar-refractivity contribution in [3.8, 4) is 17.5 Å². The van der Waals surface area contributed by atoms with Gasteiger partial charge in [0, 0.05) is 24.7 Å². The molecule has 39 heavy (non-hydrogen) atoms. The lowest BCUT2D eigenvalue weighted by molar-refractivity contribution is -0.118. The number of nitriles is 1. The van der Waals surface area contributed by atoms with Gasteiger partial charge in [-0.05, 0) is 81.5 Å². The highest BCUT2D eigenvalue weighted by molar-refractivity contribution is 6.00. The minimum Gasteiger partial charge on any atom is -0.390 e. The fraction of sp³-hybridized carbons (Fsp3) is 0.500. The summed E-state index contributed by atoms with van der Waals surface area (Å²) in [5, 5.41) is 31.1. The number of hydrogen-bond acceptors (Lipinski definition) is 7. The summed E-state index contributed by atoms with van der Waals surface area (Å²) in [5.74, 6) is -0.0773. The summed E-state index contributed by atoms with van der Waals surface area (Å²) in [6, 6.07) is 9.59. The normalized spacial score (nSPS) is 22.4. The Morgan fingerprint density at radius 3 is 2.51 bits per heavy atom. The van der Waals surface area contributed by atoms with Gasteiger partial charge < -0.3 is 20.5 Å². The Balaban J connectivity index is 1.44. The molecule has 1 amide bonds. The van der Waals surface area contributed by atoms with E-state index in [2.05, 4.69) is 26.8 Å². The SMILES string of the molecule is CC(=O)CC(C)(C)CCNC(=O)c1cnc(-c2ccc3cc(C#N)cnn23)cc1NC12CCC(O)(CC1)CC2. The lowest BCUT2D eigenvalue weighted by Gasteiger charge is -2.51. The first-order valence-electron chi connectivity index (χ1n) is 13.7. The van der Waals surface area contributed by atoms with Gasteiger partial charge in [0.05, 0.1) is 45.5 Å². The second-order valence-corrected chi connectivity index (χ2v) is 12.2. The molecule has 0 spiro atoms. The zero-order chi connectivity index (χ0) is 27.8. The number of fused-ring (bicyclic) bond motifs is 4. The highest BCUT2D eigenvalue weighted by Gasteiger charge is 2.48. The molecule has 3 aliphatic carbocycles. The summed E-state index contributed by atoms with van der Waals surface area (Å²) < 4.78 is 1.74. The molecular formula is C30H36N6O3. The smallest absolute Gasteiger partial charge is 0.254 e. The van der Waals surface area contributed by atoms with Crippen molar-refractivity contribution >= 4 is 22.9 Å². The Labute approximate surface area is 228 Å². The third-order valence-electron chi connectivity index (χ3n) is 8.46. The molecule has 3 fully saturated rings. The Morgan fingerprint density at radius 1 is 1.13 bits per heavy atom. The summed E-state index contributed by atoms with van der Waals surface area (Å²) in [6.07, 6.45) is 9.05. The van der Waals surface area contributed by atoms with E-state index in [1.54, 1.807) is 23.7 Å². The number of aliphatic hydroxyl groups is 1. The minimum atomic E-state index is -0.557. The van der Waals surface area contributed by atoms with E-state index in [0.29, 0.717) is 41.9 Å².